The van der Waals surface area contributed by atoms with Gasteiger partial charge in [-0.15, -0.1) is 0 Å². The fourth-order valence-corrected chi connectivity index (χ4v) is 1.49. The highest BCUT2D eigenvalue weighted by Gasteiger charge is 2.20. The van der Waals surface area contributed by atoms with E-state index >= 15 is 0 Å². The summed E-state index contributed by atoms with van der Waals surface area (Å²) in [6.45, 7) is 0. The molecule has 3 nitrogen and oxygen atoms in total. The summed E-state index contributed by atoms with van der Waals surface area (Å²) in [7, 11) is 1.22. The van der Waals surface area contributed by atoms with Crippen LogP contribution >= 0.6 is 23.2 Å². The molecule has 1 unspecified atom stereocenters. The van der Waals surface area contributed by atoms with Gasteiger partial charge in [0, 0.05) is 10.6 Å². The first-order chi connectivity index (χ1) is 7.60. The lowest BCUT2D eigenvalue weighted by atomic mass is 10.0. The third kappa shape index (κ3) is 2.98. The van der Waals surface area contributed by atoms with Gasteiger partial charge in [-0.25, -0.2) is 4.79 Å². The van der Waals surface area contributed by atoms with Crippen molar-refractivity contribution in [3.63, 3.8) is 0 Å². The minimum Gasteiger partial charge on any atom is -0.466 e. The molecule has 0 bridgehead atoms. The van der Waals surface area contributed by atoms with Crippen molar-refractivity contribution in [2.24, 2.45) is 0 Å². The molecular weight excluding hydrogens is 251 g/mol. The van der Waals surface area contributed by atoms with Crippen LogP contribution in [0.3, 0.4) is 0 Å². The van der Waals surface area contributed by atoms with Crippen LogP contribution < -0.4 is 0 Å². The molecule has 1 rings (SSSR count). The summed E-state index contributed by atoms with van der Waals surface area (Å²) in [6.07, 6.45) is -1.12. The van der Waals surface area contributed by atoms with Gasteiger partial charge in [-0.1, -0.05) is 35.3 Å². The summed E-state index contributed by atoms with van der Waals surface area (Å²) in [5.41, 5.74) is 1.50. The first-order valence-corrected chi connectivity index (χ1v) is 5.23. The molecule has 16 heavy (non-hydrogen) atoms. The smallest absolute Gasteiger partial charge is 0.337 e. The van der Waals surface area contributed by atoms with Crippen molar-refractivity contribution in [1.29, 1.82) is 0 Å². The van der Waals surface area contributed by atoms with E-state index in [9.17, 15) is 9.90 Å². The topological polar surface area (TPSA) is 46.5 Å². The first kappa shape index (κ1) is 13.0. The van der Waals surface area contributed by atoms with E-state index in [1.165, 1.54) is 7.11 Å². The van der Waals surface area contributed by atoms with Crippen molar-refractivity contribution in [1.82, 2.24) is 0 Å². The number of esters is 1. The SMILES string of the molecule is COC(=O)/C(=C/Cl)C(O)c1ccc(Cl)cc1. The van der Waals surface area contributed by atoms with Gasteiger partial charge in [0.2, 0.25) is 0 Å². The van der Waals surface area contributed by atoms with Crippen LogP contribution in [0.25, 0.3) is 0 Å². The molecule has 1 atom stereocenters. The van der Waals surface area contributed by atoms with Gasteiger partial charge in [-0.3, -0.25) is 0 Å². The Morgan fingerprint density at radius 2 is 2.00 bits per heavy atom. The zero-order chi connectivity index (χ0) is 12.1. The molecule has 0 saturated heterocycles. The number of ether oxygens (including phenoxy) is 1. The van der Waals surface area contributed by atoms with Gasteiger partial charge in [0.1, 0.15) is 6.10 Å². The number of hydrogen-bond acceptors (Lipinski definition) is 3. The third-order valence-electron chi connectivity index (χ3n) is 2.02. The minimum absolute atomic E-state index is 0.0218. The Labute approximate surface area is 103 Å². The summed E-state index contributed by atoms with van der Waals surface area (Å²) in [5.74, 6) is -0.669. The lowest BCUT2D eigenvalue weighted by molar-refractivity contribution is -0.137. The Morgan fingerprint density at radius 3 is 2.44 bits per heavy atom. The van der Waals surface area contributed by atoms with Gasteiger partial charge in [-0.05, 0) is 17.7 Å². The maximum absolute atomic E-state index is 11.3. The quantitative estimate of drug-likeness (QED) is 0.672. The Bertz CT molecular complexity index is 398. The predicted octanol–water partition coefficient (Wildman–Crippen LogP) is 2.67. The second-order valence-electron chi connectivity index (χ2n) is 3.01. The van der Waals surface area contributed by atoms with Crippen molar-refractivity contribution < 1.29 is 14.6 Å². The standard InChI is InChI=1S/C11H10Cl2O3/c1-16-11(15)9(6-12)10(14)7-2-4-8(13)5-3-7/h2-6,10,14H,1H3/b9-6+. The number of carbonyl (C=O) groups excluding carboxylic acids is 1. The summed E-state index contributed by atoms with van der Waals surface area (Å²) in [6, 6.07) is 6.44. The van der Waals surface area contributed by atoms with E-state index in [4.69, 9.17) is 23.2 Å². The number of halogens is 2. The molecule has 0 aromatic heterocycles. The molecule has 0 aliphatic rings. The molecule has 0 radical (unpaired) electrons. The number of aliphatic hydroxyl groups excluding tert-OH is 1. The Hall–Kier alpha value is -1.03. The minimum atomic E-state index is -1.12. The Balaban J connectivity index is 2.96. The van der Waals surface area contributed by atoms with Gasteiger partial charge in [0.05, 0.1) is 12.7 Å². The zero-order valence-corrected chi connectivity index (χ0v) is 10.00. The van der Waals surface area contributed by atoms with Gasteiger partial charge in [0.25, 0.3) is 0 Å². The number of methoxy groups -OCH3 is 1. The summed E-state index contributed by atoms with van der Waals surface area (Å²) < 4.78 is 4.49. The second-order valence-corrected chi connectivity index (χ2v) is 3.66. The lowest BCUT2D eigenvalue weighted by Crippen LogP contribution is -2.12. The van der Waals surface area contributed by atoms with Crippen LogP contribution in [0, 0.1) is 0 Å². The molecule has 0 saturated carbocycles. The predicted molar refractivity (Wildman–Crippen MR) is 62.4 cm³/mol. The largest absolute Gasteiger partial charge is 0.466 e. The van der Waals surface area contributed by atoms with Gasteiger partial charge in [0.15, 0.2) is 0 Å². The number of benzene rings is 1. The van der Waals surface area contributed by atoms with Gasteiger partial charge < -0.3 is 9.84 Å². The second kappa shape index (κ2) is 5.89. The summed E-state index contributed by atoms with van der Waals surface area (Å²) >= 11 is 11.2. The molecule has 1 aromatic carbocycles. The molecule has 0 fully saturated rings. The van der Waals surface area contributed by atoms with E-state index in [0.717, 1.165) is 5.54 Å². The van der Waals surface area contributed by atoms with E-state index in [-0.39, 0.29) is 5.57 Å². The molecule has 0 heterocycles. The van der Waals surface area contributed by atoms with Crippen molar-refractivity contribution in [2.75, 3.05) is 7.11 Å². The van der Waals surface area contributed by atoms with E-state index < -0.39 is 12.1 Å². The van der Waals surface area contributed by atoms with Gasteiger partial charge >= 0.3 is 5.97 Å². The first-order valence-electron chi connectivity index (χ1n) is 4.42. The Kier molecular flexibility index (Phi) is 4.80. The molecule has 5 heteroatoms. The molecule has 86 valence electrons. The molecule has 1 aromatic rings. The van der Waals surface area contributed by atoms with Crippen molar-refractivity contribution >= 4 is 29.2 Å². The van der Waals surface area contributed by atoms with Crippen LogP contribution in [0.5, 0.6) is 0 Å². The molecule has 0 spiro atoms. The van der Waals surface area contributed by atoms with Crippen LogP contribution in [0.2, 0.25) is 5.02 Å². The highest BCUT2D eigenvalue weighted by Crippen LogP contribution is 2.24. The molecule has 0 aliphatic heterocycles. The van der Waals surface area contributed by atoms with Crippen LogP contribution in [-0.2, 0) is 9.53 Å². The molecular formula is C11H10Cl2O3. The van der Waals surface area contributed by atoms with Crippen LogP contribution in [0.1, 0.15) is 11.7 Å². The normalized spacial score (nSPS) is 13.4. The zero-order valence-electron chi connectivity index (χ0n) is 8.48. The molecule has 0 aliphatic carbocycles. The van der Waals surface area contributed by atoms with Gasteiger partial charge in [-0.2, -0.15) is 0 Å². The van der Waals surface area contributed by atoms with Crippen LogP contribution in [-0.4, -0.2) is 18.2 Å². The van der Waals surface area contributed by atoms with E-state index in [2.05, 4.69) is 4.74 Å². The number of aliphatic hydroxyl groups is 1. The van der Waals surface area contributed by atoms with Crippen LogP contribution in [0.15, 0.2) is 35.4 Å². The fourth-order valence-electron chi connectivity index (χ4n) is 1.16. The maximum Gasteiger partial charge on any atom is 0.337 e. The number of hydrogen-bond donors (Lipinski definition) is 1. The third-order valence-corrected chi connectivity index (χ3v) is 2.51. The summed E-state index contributed by atoms with van der Waals surface area (Å²) in [5, 5.41) is 10.4. The van der Waals surface area contributed by atoms with E-state index in [0.29, 0.717) is 10.6 Å². The van der Waals surface area contributed by atoms with Crippen molar-refractivity contribution in [3.8, 4) is 0 Å². The lowest BCUT2D eigenvalue weighted by Gasteiger charge is -2.12. The fraction of sp³-hybridized carbons (Fsp3) is 0.182. The maximum atomic E-state index is 11.3. The van der Waals surface area contributed by atoms with Crippen molar-refractivity contribution in [3.05, 3.63) is 46.0 Å². The highest BCUT2D eigenvalue weighted by atomic mass is 35.5. The Morgan fingerprint density at radius 1 is 1.44 bits per heavy atom. The summed E-state index contributed by atoms with van der Waals surface area (Å²) in [4.78, 5) is 11.3. The van der Waals surface area contributed by atoms with E-state index in [1.54, 1.807) is 24.3 Å². The monoisotopic (exact) mass is 260 g/mol. The van der Waals surface area contributed by atoms with Crippen molar-refractivity contribution in [2.45, 2.75) is 6.10 Å². The van der Waals surface area contributed by atoms with E-state index in [1.807, 2.05) is 0 Å². The molecule has 1 N–H and O–H groups in total. The highest BCUT2D eigenvalue weighted by molar-refractivity contribution is 6.30. The number of rotatable bonds is 3. The van der Waals surface area contributed by atoms with Crippen LogP contribution in [0.4, 0.5) is 0 Å². The average molecular weight is 261 g/mol. The number of carbonyl (C=O) groups is 1. The average Bonchev–Trinajstić information content (AvgIpc) is 2.30. The molecule has 0 amide bonds.